The van der Waals surface area contributed by atoms with Gasteiger partial charge in [-0.2, -0.15) is 0 Å². The van der Waals surface area contributed by atoms with Crippen LogP contribution in [-0.2, 0) is 32.9 Å². The minimum absolute atomic E-state index is 0.0111. The molecule has 2 N–H and O–H groups in total. The number of esters is 1. The molecule has 298 valence electrons. The molecule has 2 aliphatic rings. The van der Waals surface area contributed by atoms with Crippen molar-refractivity contribution in [2.75, 3.05) is 21.2 Å². The molecule has 0 aromatic heterocycles. The SMILES string of the molecule is CC[C@@H](O[Si](C)(C)C(C)(C)C)[C@@](C)(O)/C=C(\C)C(O)[C@H](C)C[C@@](C)(OC)[C@H](OC1OC(C)CC(N(C)C)C1C)[C@@H](C)C1=C(C)C(=O)OC(C)(C)O1. The summed E-state index contributed by atoms with van der Waals surface area (Å²) in [6.45, 7) is 31.8. The van der Waals surface area contributed by atoms with Crippen LogP contribution in [0.1, 0.15) is 116 Å². The van der Waals surface area contributed by atoms with Crippen LogP contribution in [0.2, 0.25) is 18.1 Å². The second kappa shape index (κ2) is 17.0. The van der Waals surface area contributed by atoms with Gasteiger partial charge >= 0.3 is 5.97 Å². The summed E-state index contributed by atoms with van der Waals surface area (Å²) in [5.74, 6) is -1.84. The van der Waals surface area contributed by atoms with Crippen molar-refractivity contribution < 1.29 is 43.1 Å². The van der Waals surface area contributed by atoms with Crippen LogP contribution in [0, 0.1) is 17.8 Å². The number of rotatable bonds is 16. The summed E-state index contributed by atoms with van der Waals surface area (Å²) < 4.78 is 38.4. The van der Waals surface area contributed by atoms with E-state index in [-0.39, 0.29) is 29.0 Å². The molecule has 0 spiro atoms. The second-order valence-electron chi connectivity index (χ2n) is 18.2. The Bertz CT molecular complexity index is 1240. The minimum Gasteiger partial charge on any atom is -0.456 e. The Hall–Kier alpha value is -1.31. The average Bonchev–Trinajstić information content (AvgIpc) is 2.99. The first-order chi connectivity index (χ1) is 23.0. The van der Waals surface area contributed by atoms with Gasteiger partial charge in [-0.1, -0.05) is 48.5 Å². The maximum absolute atomic E-state index is 13.0. The highest BCUT2D eigenvalue weighted by Gasteiger charge is 2.49. The van der Waals surface area contributed by atoms with Crippen molar-refractivity contribution >= 4 is 14.3 Å². The lowest BCUT2D eigenvalue weighted by Gasteiger charge is -2.48. The van der Waals surface area contributed by atoms with Crippen molar-refractivity contribution in [3.63, 3.8) is 0 Å². The van der Waals surface area contributed by atoms with Crippen molar-refractivity contribution in [1.29, 1.82) is 0 Å². The molecule has 10 nitrogen and oxygen atoms in total. The fourth-order valence-corrected chi connectivity index (χ4v) is 9.02. The van der Waals surface area contributed by atoms with E-state index in [0.29, 0.717) is 29.7 Å². The molecular formula is C40H75NO9Si. The maximum Gasteiger partial charge on any atom is 0.340 e. The highest BCUT2D eigenvalue weighted by Crippen LogP contribution is 2.43. The van der Waals surface area contributed by atoms with Gasteiger partial charge in [-0.25, -0.2) is 4.79 Å². The van der Waals surface area contributed by atoms with Gasteiger partial charge in [0.25, 0.3) is 0 Å². The molecule has 0 aromatic carbocycles. The van der Waals surface area contributed by atoms with E-state index in [2.05, 4.69) is 66.7 Å². The monoisotopic (exact) mass is 742 g/mol. The molecule has 0 saturated carbocycles. The van der Waals surface area contributed by atoms with Crippen molar-refractivity contribution in [3.05, 3.63) is 23.0 Å². The Balaban J connectivity index is 2.53. The fraction of sp³-hybridized carbons (Fsp3) is 0.875. The summed E-state index contributed by atoms with van der Waals surface area (Å²) in [7, 11) is 3.63. The second-order valence-corrected chi connectivity index (χ2v) is 23.0. The Morgan fingerprint density at radius 3 is 2.18 bits per heavy atom. The van der Waals surface area contributed by atoms with Gasteiger partial charge < -0.3 is 43.2 Å². The first-order valence-electron chi connectivity index (χ1n) is 19.0. The highest BCUT2D eigenvalue weighted by atomic mass is 28.4. The lowest BCUT2D eigenvalue weighted by molar-refractivity contribution is -0.285. The van der Waals surface area contributed by atoms with Crippen LogP contribution in [0.15, 0.2) is 23.0 Å². The third-order valence-corrected chi connectivity index (χ3v) is 16.2. The standard InChI is InChI=1S/C40H75NO9Si/c1-20-31(50-51(18,19)37(8,9)10)39(13,44)22-24(2)32(42)25(3)23-40(14,45-17)34(28(6)33-29(7)35(43)49-38(11,12)48-33)47-36-27(5)30(41(15)16)21-26(4)46-36/h22,25-28,30-32,34,36,42,44H,20-21,23H2,1-19H3/b24-22+/t25-,26?,27?,28+,30?,31-,32?,34-,36?,39+,40-/m1/s1. The van der Waals surface area contributed by atoms with Gasteiger partial charge in [0, 0.05) is 38.8 Å². The summed E-state index contributed by atoms with van der Waals surface area (Å²) in [4.78, 5) is 15.2. The molecule has 5 unspecified atom stereocenters. The fourth-order valence-electron chi connectivity index (χ4n) is 7.55. The molecule has 0 radical (unpaired) electrons. The molecule has 0 amide bonds. The molecule has 0 bridgehead atoms. The van der Waals surface area contributed by atoms with Gasteiger partial charge in [-0.05, 0) is 104 Å². The molecule has 2 aliphatic heterocycles. The Kier molecular flexibility index (Phi) is 15.3. The zero-order chi connectivity index (χ0) is 39.7. The third kappa shape index (κ3) is 11.1. The number of hydrogen-bond donors (Lipinski definition) is 2. The van der Waals surface area contributed by atoms with Crippen LogP contribution in [0.4, 0.5) is 0 Å². The first kappa shape index (κ1) is 45.8. The van der Waals surface area contributed by atoms with E-state index >= 15 is 0 Å². The molecule has 51 heavy (non-hydrogen) atoms. The minimum atomic E-state index is -2.17. The first-order valence-corrected chi connectivity index (χ1v) is 21.9. The quantitative estimate of drug-likeness (QED) is 0.0932. The summed E-state index contributed by atoms with van der Waals surface area (Å²) in [5, 5.41) is 23.5. The number of methoxy groups -OCH3 is 1. The molecule has 11 heteroatoms. The molecule has 0 aromatic rings. The Labute approximate surface area is 311 Å². The molecule has 2 rings (SSSR count). The number of hydrogen-bond acceptors (Lipinski definition) is 10. The number of ether oxygens (including phenoxy) is 5. The van der Waals surface area contributed by atoms with Crippen LogP contribution in [-0.4, -0.2) is 104 Å². The number of cyclic esters (lactones) is 1. The number of aliphatic hydroxyl groups is 2. The van der Waals surface area contributed by atoms with Crippen LogP contribution in [0.25, 0.3) is 0 Å². The summed E-state index contributed by atoms with van der Waals surface area (Å²) >= 11 is 0. The molecule has 2 heterocycles. The zero-order valence-electron chi connectivity index (χ0n) is 35.6. The van der Waals surface area contributed by atoms with Gasteiger partial charge in [0.2, 0.25) is 5.79 Å². The maximum atomic E-state index is 13.0. The predicted molar refractivity (Wildman–Crippen MR) is 206 cm³/mol. The summed E-state index contributed by atoms with van der Waals surface area (Å²) in [6.07, 6.45) is 1.09. The van der Waals surface area contributed by atoms with E-state index in [4.69, 9.17) is 28.1 Å². The van der Waals surface area contributed by atoms with Crippen LogP contribution >= 0.6 is 0 Å². The largest absolute Gasteiger partial charge is 0.456 e. The van der Waals surface area contributed by atoms with Gasteiger partial charge in [-0.15, -0.1) is 0 Å². The van der Waals surface area contributed by atoms with E-state index in [1.165, 1.54) is 0 Å². The summed E-state index contributed by atoms with van der Waals surface area (Å²) in [5.41, 5.74) is -1.23. The molecule has 1 saturated heterocycles. The van der Waals surface area contributed by atoms with Gasteiger partial charge in [0.1, 0.15) is 11.4 Å². The van der Waals surface area contributed by atoms with Crippen molar-refractivity contribution in [2.45, 2.75) is 188 Å². The van der Waals surface area contributed by atoms with E-state index in [1.807, 2.05) is 34.6 Å². The smallest absolute Gasteiger partial charge is 0.340 e. The topological polar surface area (TPSA) is 116 Å². The van der Waals surface area contributed by atoms with Gasteiger partial charge in [0.05, 0.1) is 35.6 Å². The third-order valence-electron chi connectivity index (χ3n) is 11.7. The molecule has 0 aliphatic carbocycles. The van der Waals surface area contributed by atoms with Crippen molar-refractivity contribution in [3.8, 4) is 0 Å². The van der Waals surface area contributed by atoms with E-state index in [9.17, 15) is 15.0 Å². The van der Waals surface area contributed by atoms with Crippen molar-refractivity contribution in [2.24, 2.45) is 17.8 Å². The zero-order valence-corrected chi connectivity index (χ0v) is 36.6. The number of carbonyl (C=O) groups is 1. The van der Waals surface area contributed by atoms with E-state index < -0.39 is 61.8 Å². The van der Waals surface area contributed by atoms with Crippen molar-refractivity contribution in [1.82, 2.24) is 4.90 Å². The Morgan fingerprint density at radius 1 is 1.12 bits per heavy atom. The molecule has 11 atom stereocenters. The van der Waals surface area contributed by atoms with E-state index in [0.717, 1.165) is 6.42 Å². The number of nitrogens with zero attached hydrogens (tertiary/aromatic N) is 1. The molecule has 1 fully saturated rings. The van der Waals surface area contributed by atoms with Gasteiger partial charge in [0.15, 0.2) is 14.6 Å². The molecular weight excluding hydrogens is 667 g/mol. The normalized spacial score (nSPS) is 29.0. The van der Waals surface area contributed by atoms with Gasteiger partial charge in [-0.3, -0.25) is 0 Å². The lowest BCUT2D eigenvalue weighted by Crippen LogP contribution is -2.56. The highest BCUT2D eigenvalue weighted by molar-refractivity contribution is 6.74. The summed E-state index contributed by atoms with van der Waals surface area (Å²) in [6, 6.07) is 0.234. The predicted octanol–water partition coefficient (Wildman–Crippen LogP) is 7.58. The van der Waals surface area contributed by atoms with Crippen LogP contribution in [0.5, 0.6) is 0 Å². The average molecular weight is 742 g/mol. The van der Waals surface area contributed by atoms with Crippen LogP contribution < -0.4 is 0 Å². The number of aliphatic hydroxyl groups excluding tert-OH is 1. The van der Waals surface area contributed by atoms with Crippen LogP contribution in [0.3, 0.4) is 0 Å². The number of carbonyl (C=O) groups excluding carboxylic acids is 1. The van der Waals surface area contributed by atoms with E-state index in [1.54, 1.807) is 40.9 Å². The Morgan fingerprint density at radius 2 is 1.69 bits per heavy atom. The lowest BCUT2D eigenvalue weighted by atomic mass is 9.78.